The van der Waals surface area contributed by atoms with E-state index in [1.165, 1.54) is 16.7 Å². The third kappa shape index (κ3) is 5.36. The lowest BCUT2D eigenvalue weighted by molar-refractivity contribution is 0.796. The molecule has 0 fully saturated rings. The van der Waals surface area contributed by atoms with E-state index in [-0.39, 0.29) is 6.04 Å². The lowest BCUT2D eigenvalue weighted by atomic mass is 10.0. The molecular formula is C24H25N. The third-order valence-electron chi connectivity index (χ3n) is 4.33. The van der Waals surface area contributed by atoms with E-state index in [0.29, 0.717) is 0 Å². The number of hydrogen-bond donors (Lipinski definition) is 1. The van der Waals surface area contributed by atoms with E-state index >= 15 is 0 Å². The Hall–Kier alpha value is -2.80. The lowest BCUT2D eigenvalue weighted by Crippen LogP contribution is -2.09. The summed E-state index contributed by atoms with van der Waals surface area (Å²) in [4.78, 5) is 0. The Bertz CT molecular complexity index is 773. The minimum absolute atomic E-state index is 0.274. The molecule has 0 aliphatic heterocycles. The van der Waals surface area contributed by atoms with Gasteiger partial charge in [0.2, 0.25) is 0 Å². The van der Waals surface area contributed by atoms with Crippen molar-refractivity contribution in [2.75, 3.05) is 5.32 Å². The van der Waals surface area contributed by atoms with Crippen molar-refractivity contribution in [3.8, 4) is 0 Å². The van der Waals surface area contributed by atoms with Crippen LogP contribution in [0.25, 0.3) is 0 Å². The molecule has 1 heteroatoms. The van der Waals surface area contributed by atoms with Crippen LogP contribution in [0.4, 0.5) is 5.69 Å². The summed E-state index contributed by atoms with van der Waals surface area (Å²) >= 11 is 0. The third-order valence-corrected chi connectivity index (χ3v) is 4.33. The summed E-state index contributed by atoms with van der Waals surface area (Å²) in [7, 11) is 0. The Morgan fingerprint density at radius 2 is 1.40 bits per heavy atom. The summed E-state index contributed by atoms with van der Waals surface area (Å²) in [6, 6.07) is 30.1. The van der Waals surface area contributed by atoms with E-state index in [1.54, 1.807) is 0 Å². The second-order valence-electron chi connectivity index (χ2n) is 6.37. The molecule has 0 saturated carbocycles. The highest BCUT2D eigenvalue weighted by Crippen LogP contribution is 2.23. The fourth-order valence-electron chi connectivity index (χ4n) is 2.88. The van der Waals surface area contributed by atoms with Gasteiger partial charge in [0, 0.05) is 5.69 Å². The number of anilines is 1. The van der Waals surface area contributed by atoms with Gasteiger partial charge in [-0.1, -0.05) is 90.5 Å². The zero-order valence-corrected chi connectivity index (χ0v) is 14.7. The van der Waals surface area contributed by atoms with Gasteiger partial charge in [0.15, 0.2) is 0 Å². The predicted octanol–water partition coefficient (Wildman–Crippen LogP) is 6.34. The first-order chi connectivity index (χ1) is 12.3. The van der Waals surface area contributed by atoms with Crippen LogP contribution >= 0.6 is 0 Å². The SMILES string of the molecule is Cc1ccc(NC(C/C=C/Cc2ccccc2)c2ccccc2)cc1. The first-order valence-electron chi connectivity index (χ1n) is 8.88. The smallest absolute Gasteiger partial charge is 0.0548 e. The van der Waals surface area contributed by atoms with Gasteiger partial charge in [-0.3, -0.25) is 0 Å². The second kappa shape index (κ2) is 8.89. The molecule has 0 heterocycles. The van der Waals surface area contributed by atoms with Crippen LogP contribution in [0.3, 0.4) is 0 Å². The highest BCUT2D eigenvalue weighted by atomic mass is 14.9. The molecule has 1 N–H and O–H groups in total. The molecule has 3 rings (SSSR count). The van der Waals surface area contributed by atoms with E-state index in [4.69, 9.17) is 0 Å². The van der Waals surface area contributed by atoms with Gasteiger partial charge in [-0.15, -0.1) is 0 Å². The molecule has 0 spiro atoms. The predicted molar refractivity (Wildman–Crippen MR) is 108 cm³/mol. The molecular weight excluding hydrogens is 302 g/mol. The molecule has 126 valence electrons. The van der Waals surface area contributed by atoms with Gasteiger partial charge in [0.05, 0.1) is 6.04 Å². The molecule has 0 bridgehead atoms. The average molecular weight is 327 g/mol. The maximum absolute atomic E-state index is 3.67. The number of aryl methyl sites for hydroxylation is 1. The van der Waals surface area contributed by atoms with E-state index < -0.39 is 0 Å². The van der Waals surface area contributed by atoms with Crippen LogP contribution < -0.4 is 5.32 Å². The van der Waals surface area contributed by atoms with Crippen LogP contribution in [0, 0.1) is 6.92 Å². The zero-order chi connectivity index (χ0) is 17.3. The highest BCUT2D eigenvalue weighted by molar-refractivity contribution is 5.47. The van der Waals surface area contributed by atoms with E-state index in [1.807, 2.05) is 0 Å². The topological polar surface area (TPSA) is 12.0 Å². The summed E-state index contributed by atoms with van der Waals surface area (Å²) in [6.45, 7) is 2.12. The summed E-state index contributed by atoms with van der Waals surface area (Å²) in [5.74, 6) is 0. The molecule has 0 aromatic heterocycles. The second-order valence-corrected chi connectivity index (χ2v) is 6.37. The fraction of sp³-hybridized carbons (Fsp3) is 0.167. The summed E-state index contributed by atoms with van der Waals surface area (Å²) in [5, 5.41) is 3.67. The fourth-order valence-corrected chi connectivity index (χ4v) is 2.88. The molecule has 0 amide bonds. The van der Waals surface area contributed by atoms with Gasteiger partial charge in [0.25, 0.3) is 0 Å². The van der Waals surface area contributed by atoms with Crippen molar-refractivity contribution < 1.29 is 0 Å². The van der Waals surface area contributed by atoms with Crippen molar-refractivity contribution in [2.45, 2.75) is 25.8 Å². The van der Waals surface area contributed by atoms with Gasteiger partial charge in [-0.05, 0) is 43.0 Å². The number of rotatable bonds is 7. The standard InChI is InChI=1S/C24H25N/c1-20-16-18-23(19-17-20)25-24(22-13-6-3-7-14-22)15-9-8-12-21-10-4-2-5-11-21/h2-11,13-14,16-19,24-25H,12,15H2,1H3/b9-8+. The quantitative estimate of drug-likeness (QED) is 0.499. The average Bonchev–Trinajstić information content (AvgIpc) is 2.67. The van der Waals surface area contributed by atoms with Gasteiger partial charge >= 0.3 is 0 Å². The summed E-state index contributed by atoms with van der Waals surface area (Å²) in [5.41, 5.74) is 5.11. The Balaban J connectivity index is 1.67. The van der Waals surface area contributed by atoms with Crippen LogP contribution in [0.5, 0.6) is 0 Å². The van der Waals surface area contributed by atoms with Gasteiger partial charge in [-0.2, -0.15) is 0 Å². The normalized spacial score (nSPS) is 12.2. The maximum Gasteiger partial charge on any atom is 0.0548 e. The molecule has 3 aromatic rings. The van der Waals surface area contributed by atoms with Crippen LogP contribution in [0.15, 0.2) is 97.1 Å². The Morgan fingerprint density at radius 1 is 0.760 bits per heavy atom. The number of nitrogens with one attached hydrogen (secondary N) is 1. The molecule has 1 nitrogen and oxygen atoms in total. The summed E-state index contributed by atoms with van der Waals surface area (Å²) < 4.78 is 0. The van der Waals surface area contributed by atoms with Crippen molar-refractivity contribution in [3.63, 3.8) is 0 Å². The minimum atomic E-state index is 0.274. The Kier molecular flexibility index (Phi) is 6.06. The maximum atomic E-state index is 3.67. The highest BCUT2D eigenvalue weighted by Gasteiger charge is 2.09. The Labute approximate surface area is 151 Å². The van der Waals surface area contributed by atoms with Crippen molar-refractivity contribution >= 4 is 5.69 Å². The van der Waals surface area contributed by atoms with Gasteiger partial charge in [-0.25, -0.2) is 0 Å². The van der Waals surface area contributed by atoms with E-state index in [0.717, 1.165) is 18.5 Å². The monoisotopic (exact) mass is 327 g/mol. The molecule has 0 saturated heterocycles. The van der Waals surface area contributed by atoms with E-state index in [2.05, 4.69) is 109 Å². The Morgan fingerprint density at radius 3 is 2.08 bits per heavy atom. The van der Waals surface area contributed by atoms with Crippen molar-refractivity contribution in [1.82, 2.24) is 0 Å². The molecule has 25 heavy (non-hydrogen) atoms. The first kappa shape index (κ1) is 17.0. The van der Waals surface area contributed by atoms with Crippen LogP contribution in [-0.2, 0) is 6.42 Å². The molecule has 1 atom stereocenters. The lowest BCUT2D eigenvalue weighted by Gasteiger charge is -2.19. The largest absolute Gasteiger partial charge is 0.378 e. The molecule has 0 aliphatic rings. The van der Waals surface area contributed by atoms with Gasteiger partial charge in [0.1, 0.15) is 0 Å². The molecule has 1 unspecified atom stereocenters. The minimum Gasteiger partial charge on any atom is -0.378 e. The van der Waals surface area contributed by atoms with Gasteiger partial charge < -0.3 is 5.32 Å². The summed E-state index contributed by atoms with van der Waals surface area (Å²) in [6.07, 6.45) is 6.49. The van der Waals surface area contributed by atoms with Crippen molar-refractivity contribution in [3.05, 3.63) is 114 Å². The number of hydrogen-bond acceptors (Lipinski definition) is 1. The molecule has 3 aromatic carbocycles. The van der Waals surface area contributed by atoms with Crippen molar-refractivity contribution in [2.24, 2.45) is 0 Å². The van der Waals surface area contributed by atoms with Crippen LogP contribution in [0.2, 0.25) is 0 Å². The van der Waals surface area contributed by atoms with Crippen molar-refractivity contribution in [1.29, 1.82) is 0 Å². The van der Waals surface area contributed by atoms with E-state index in [9.17, 15) is 0 Å². The van der Waals surface area contributed by atoms with Crippen LogP contribution in [-0.4, -0.2) is 0 Å². The molecule has 0 aliphatic carbocycles. The number of allylic oxidation sites excluding steroid dienone is 1. The zero-order valence-electron chi connectivity index (χ0n) is 14.7. The molecule has 0 radical (unpaired) electrons. The van der Waals surface area contributed by atoms with Crippen LogP contribution in [0.1, 0.15) is 29.2 Å². The first-order valence-corrected chi connectivity index (χ1v) is 8.88. The number of benzene rings is 3.